The van der Waals surface area contributed by atoms with Crippen LogP contribution in [-0.2, 0) is 31.5 Å². The molecule has 3 aromatic rings. The third-order valence-corrected chi connectivity index (χ3v) is 11.2. The van der Waals surface area contributed by atoms with Crippen LogP contribution in [0.2, 0.25) is 0 Å². The van der Waals surface area contributed by atoms with Crippen LogP contribution in [0.4, 0.5) is 0 Å². The Labute approximate surface area is 268 Å². The summed E-state index contributed by atoms with van der Waals surface area (Å²) in [5.41, 5.74) is -1.16. The molecule has 0 saturated carbocycles. The predicted molar refractivity (Wildman–Crippen MR) is 176 cm³/mol. The van der Waals surface area contributed by atoms with Gasteiger partial charge in [0.15, 0.2) is 0 Å². The smallest absolute Gasteiger partial charge is 0.399 e. The molecule has 2 N–H and O–H groups in total. The van der Waals surface area contributed by atoms with Crippen LogP contribution in [0.1, 0.15) is 86.1 Å². The summed E-state index contributed by atoms with van der Waals surface area (Å²) in [6.45, 7) is 17.2. The number of amides is 2. The van der Waals surface area contributed by atoms with E-state index in [9.17, 15) is 9.59 Å². The van der Waals surface area contributed by atoms with E-state index < -0.39 is 36.6 Å². The van der Waals surface area contributed by atoms with Gasteiger partial charge in [0.2, 0.25) is 0 Å². The molecule has 2 aliphatic rings. The minimum Gasteiger partial charge on any atom is -0.399 e. The molecule has 0 spiro atoms. The Morgan fingerprint density at radius 1 is 0.636 bits per heavy atom. The average molecular weight is 637 g/mol. The van der Waals surface area contributed by atoms with Gasteiger partial charge in [-0.15, -0.1) is 22.7 Å². The molecule has 5 heterocycles. The zero-order valence-corrected chi connectivity index (χ0v) is 28.4. The molecule has 13 heteroatoms. The third-order valence-electron chi connectivity index (χ3n) is 8.86. The van der Waals surface area contributed by atoms with Crippen molar-refractivity contribution < 1.29 is 28.2 Å². The van der Waals surface area contributed by atoms with Crippen molar-refractivity contribution in [2.75, 3.05) is 13.1 Å². The van der Waals surface area contributed by atoms with Gasteiger partial charge in [-0.1, -0.05) is 18.2 Å². The van der Waals surface area contributed by atoms with Crippen LogP contribution in [0.3, 0.4) is 0 Å². The van der Waals surface area contributed by atoms with E-state index in [4.69, 9.17) is 18.6 Å². The number of aromatic nitrogens is 1. The van der Waals surface area contributed by atoms with Gasteiger partial charge in [-0.2, -0.15) is 0 Å². The molecule has 0 aromatic carbocycles. The highest BCUT2D eigenvalue weighted by molar-refractivity contribution is 7.22. The Balaban J connectivity index is 1.07. The second-order valence-electron chi connectivity index (χ2n) is 13.2. The third kappa shape index (κ3) is 6.98. The summed E-state index contributed by atoms with van der Waals surface area (Å²) in [6, 6.07) is 13.0. The van der Waals surface area contributed by atoms with E-state index in [-0.39, 0.29) is 23.2 Å². The number of nitrogens with zero attached hydrogens (tertiary/aromatic N) is 1. The summed E-state index contributed by atoms with van der Waals surface area (Å²) in [7, 11) is -0.786. The SMILES string of the molecule is CC1(C)OB(c2ccc(CCNC(=O)c3cccc(C(=O)NCCc4ccc(B5OC(C)(C)C(C)(C)O5)s4)n3)s2)OC1(C)C. The van der Waals surface area contributed by atoms with E-state index in [1.807, 2.05) is 79.7 Å². The van der Waals surface area contributed by atoms with Crippen LogP contribution in [-0.4, -0.2) is 66.5 Å². The van der Waals surface area contributed by atoms with Crippen LogP contribution < -0.4 is 20.2 Å². The largest absolute Gasteiger partial charge is 0.505 e. The molecule has 0 radical (unpaired) electrons. The van der Waals surface area contributed by atoms with Gasteiger partial charge in [0, 0.05) is 32.4 Å². The van der Waals surface area contributed by atoms with E-state index in [0.29, 0.717) is 25.9 Å². The second kappa shape index (κ2) is 12.3. The zero-order chi connectivity index (χ0) is 31.9. The number of nitrogens with one attached hydrogen (secondary N) is 2. The summed E-state index contributed by atoms with van der Waals surface area (Å²) < 4.78 is 26.6. The van der Waals surface area contributed by atoms with Crippen molar-refractivity contribution in [1.82, 2.24) is 15.6 Å². The fourth-order valence-electron chi connectivity index (χ4n) is 4.70. The van der Waals surface area contributed by atoms with Crippen molar-refractivity contribution in [3.8, 4) is 0 Å². The molecule has 9 nitrogen and oxygen atoms in total. The lowest BCUT2D eigenvalue weighted by Gasteiger charge is -2.32. The first-order valence-corrected chi connectivity index (χ1v) is 16.6. The standard InChI is InChI=1S/C31H41B2N3O6S2/c1-28(2)29(3,4)40-32(39-28)24-14-12-20(43-24)16-18-34-26(37)22-10-9-11-23(36-22)27(38)35-19-17-21-13-15-25(44-21)33-41-30(5,6)31(7,8)42-33/h9-15H,16-19H2,1-8H3,(H,34,37)(H,35,38). The summed E-state index contributed by atoms with van der Waals surface area (Å²) in [6.07, 6.45) is 1.32. The quantitative estimate of drug-likeness (QED) is 0.326. The zero-order valence-electron chi connectivity index (χ0n) is 26.7. The van der Waals surface area contributed by atoms with Crippen molar-refractivity contribution in [3.63, 3.8) is 0 Å². The Kier molecular flexibility index (Phi) is 9.21. The number of hydrogen-bond donors (Lipinski definition) is 2. The Bertz CT molecular complexity index is 1380. The molecule has 5 rings (SSSR count). The first-order valence-electron chi connectivity index (χ1n) is 15.0. The summed E-state index contributed by atoms with van der Waals surface area (Å²) in [5.74, 6) is -0.646. The Hall–Kier alpha value is -2.54. The Morgan fingerprint density at radius 2 is 1.00 bits per heavy atom. The Morgan fingerprint density at radius 3 is 1.36 bits per heavy atom. The molecule has 234 valence electrons. The van der Waals surface area contributed by atoms with Gasteiger partial charge in [0.25, 0.3) is 11.8 Å². The van der Waals surface area contributed by atoms with Crippen LogP contribution >= 0.6 is 22.7 Å². The van der Waals surface area contributed by atoms with Crippen molar-refractivity contribution in [2.45, 2.75) is 90.6 Å². The van der Waals surface area contributed by atoms with Crippen LogP contribution in [0.25, 0.3) is 0 Å². The van der Waals surface area contributed by atoms with Crippen LogP contribution in [0.15, 0.2) is 42.5 Å². The lowest BCUT2D eigenvalue weighted by atomic mass is 9.88. The van der Waals surface area contributed by atoms with Gasteiger partial charge in [0.1, 0.15) is 11.4 Å². The molecule has 2 saturated heterocycles. The average Bonchev–Trinajstić information content (AvgIpc) is 3.69. The minimum atomic E-state index is -0.393. The molecule has 44 heavy (non-hydrogen) atoms. The maximum atomic E-state index is 12.8. The minimum absolute atomic E-state index is 0.201. The van der Waals surface area contributed by atoms with Crippen LogP contribution in [0.5, 0.6) is 0 Å². The maximum absolute atomic E-state index is 12.8. The molecular weight excluding hydrogens is 596 g/mol. The maximum Gasteiger partial charge on any atom is 0.505 e. The van der Waals surface area contributed by atoms with Gasteiger partial charge in [-0.05, 0) is 92.5 Å². The van der Waals surface area contributed by atoms with Gasteiger partial charge < -0.3 is 29.3 Å². The highest BCUT2D eigenvalue weighted by atomic mass is 32.1. The lowest BCUT2D eigenvalue weighted by molar-refractivity contribution is 0.00578. The van der Waals surface area contributed by atoms with Gasteiger partial charge >= 0.3 is 14.2 Å². The fourth-order valence-corrected chi connectivity index (χ4v) is 6.64. The summed E-state index contributed by atoms with van der Waals surface area (Å²) in [5, 5.41) is 5.82. The van der Waals surface area contributed by atoms with Crippen LogP contribution in [0, 0.1) is 0 Å². The van der Waals surface area contributed by atoms with E-state index in [1.54, 1.807) is 40.9 Å². The molecule has 0 bridgehead atoms. The van der Waals surface area contributed by atoms with Crippen molar-refractivity contribution in [3.05, 3.63) is 63.6 Å². The summed E-state index contributed by atoms with van der Waals surface area (Å²) >= 11 is 3.23. The topological polar surface area (TPSA) is 108 Å². The molecule has 3 aromatic heterocycles. The number of carbonyl (C=O) groups excluding carboxylic acids is 2. The molecule has 2 aliphatic heterocycles. The molecular formula is C31H41B2N3O6S2. The van der Waals surface area contributed by atoms with Crippen molar-refractivity contribution in [2.24, 2.45) is 0 Å². The van der Waals surface area contributed by atoms with Gasteiger partial charge in [0.05, 0.1) is 22.4 Å². The predicted octanol–water partition coefficient (Wildman–Crippen LogP) is 3.75. The number of pyridine rings is 1. The van der Waals surface area contributed by atoms with E-state index in [0.717, 1.165) is 19.3 Å². The van der Waals surface area contributed by atoms with E-state index in [1.165, 1.54) is 0 Å². The fraction of sp³-hybridized carbons (Fsp3) is 0.516. The molecule has 0 atom stereocenters. The van der Waals surface area contributed by atoms with Gasteiger partial charge in [-0.25, -0.2) is 4.98 Å². The first kappa shape index (κ1) is 32.8. The number of rotatable bonds is 10. The second-order valence-corrected chi connectivity index (χ2v) is 15.6. The highest BCUT2D eigenvalue weighted by Gasteiger charge is 2.53. The normalized spacial score (nSPS) is 19.7. The first-order chi connectivity index (χ1) is 20.6. The number of carbonyl (C=O) groups is 2. The molecule has 0 unspecified atom stereocenters. The van der Waals surface area contributed by atoms with Crippen molar-refractivity contribution in [1.29, 1.82) is 0 Å². The highest BCUT2D eigenvalue weighted by Crippen LogP contribution is 2.38. The molecule has 2 amide bonds. The van der Waals surface area contributed by atoms with Crippen molar-refractivity contribution >= 4 is 58.3 Å². The molecule has 2 fully saturated rings. The van der Waals surface area contributed by atoms with Gasteiger partial charge in [-0.3, -0.25) is 9.59 Å². The summed E-state index contributed by atoms with van der Waals surface area (Å²) in [4.78, 5) is 32.1. The monoisotopic (exact) mass is 637 g/mol. The lowest BCUT2D eigenvalue weighted by Crippen LogP contribution is -2.41. The number of hydrogen-bond acceptors (Lipinski definition) is 9. The van der Waals surface area contributed by atoms with E-state index in [2.05, 4.69) is 15.6 Å². The molecule has 0 aliphatic carbocycles. The number of thiophene rings is 2. The van der Waals surface area contributed by atoms with E-state index >= 15 is 0 Å².